The van der Waals surface area contributed by atoms with Gasteiger partial charge in [-0.2, -0.15) is 0 Å². The second kappa shape index (κ2) is 7.13. The summed E-state index contributed by atoms with van der Waals surface area (Å²) in [6, 6.07) is 0.990. The lowest BCUT2D eigenvalue weighted by Gasteiger charge is -2.39. The second-order valence-electron chi connectivity index (χ2n) is 8.80. The van der Waals surface area contributed by atoms with Gasteiger partial charge in [0.2, 0.25) is 5.91 Å². The van der Waals surface area contributed by atoms with Crippen molar-refractivity contribution in [2.45, 2.75) is 78.3 Å². The van der Waals surface area contributed by atoms with Gasteiger partial charge in [0.25, 0.3) is 0 Å². The minimum absolute atomic E-state index is 0.149. The van der Waals surface area contributed by atoms with E-state index in [2.05, 4.69) is 32.6 Å². The normalized spacial score (nSPS) is 35.8. The van der Waals surface area contributed by atoms with E-state index in [0.29, 0.717) is 35.7 Å². The van der Waals surface area contributed by atoms with Gasteiger partial charge in [-0.1, -0.05) is 34.1 Å². The smallest absolute Gasteiger partial charge is 0.226 e. The largest absolute Gasteiger partial charge is 0.381 e. The summed E-state index contributed by atoms with van der Waals surface area (Å²) in [5.41, 5.74) is 0. The van der Waals surface area contributed by atoms with Crippen molar-refractivity contribution in [3.63, 3.8) is 0 Å². The third kappa shape index (κ3) is 3.31. The van der Waals surface area contributed by atoms with Crippen LogP contribution in [0.5, 0.6) is 0 Å². The first-order valence-corrected chi connectivity index (χ1v) is 9.90. The standard InChI is InChI=1S/C20H35NO2/c1-13(2)18-11-15-7-5-9-17(15)21(18)20(22)19(14(3)4)16-8-6-10-23-12-16/h13-19H,5-12H2,1-4H3/t15?,16?,17?,18-,19?/m0/s1. The lowest BCUT2D eigenvalue weighted by Crippen LogP contribution is -2.50. The minimum atomic E-state index is 0.149. The van der Waals surface area contributed by atoms with Gasteiger partial charge in [0.1, 0.15) is 0 Å². The summed E-state index contributed by atoms with van der Waals surface area (Å²) >= 11 is 0. The Labute approximate surface area is 142 Å². The van der Waals surface area contributed by atoms with Crippen LogP contribution in [0.1, 0.15) is 66.2 Å². The van der Waals surface area contributed by atoms with E-state index in [0.717, 1.165) is 32.0 Å². The van der Waals surface area contributed by atoms with E-state index in [4.69, 9.17) is 4.74 Å². The summed E-state index contributed by atoms with van der Waals surface area (Å²) in [4.78, 5) is 16.0. The summed E-state index contributed by atoms with van der Waals surface area (Å²) in [5, 5.41) is 0. The van der Waals surface area contributed by atoms with Crippen molar-refractivity contribution >= 4 is 5.91 Å². The van der Waals surface area contributed by atoms with Gasteiger partial charge in [0.15, 0.2) is 0 Å². The van der Waals surface area contributed by atoms with Crippen molar-refractivity contribution in [2.24, 2.45) is 29.6 Å². The van der Waals surface area contributed by atoms with Gasteiger partial charge in [-0.05, 0) is 55.8 Å². The molecule has 0 aromatic carbocycles. The van der Waals surface area contributed by atoms with E-state index < -0.39 is 0 Å². The van der Waals surface area contributed by atoms with E-state index in [-0.39, 0.29) is 5.92 Å². The average molecular weight is 322 g/mol. The summed E-state index contributed by atoms with van der Waals surface area (Å²) in [7, 11) is 0. The highest BCUT2D eigenvalue weighted by molar-refractivity contribution is 5.80. The molecule has 0 N–H and O–H groups in total. The third-order valence-corrected chi connectivity index (χ3v) is 6.61. The van der Waals surface area contributed by atoms with Crippen LogP contribution in [0.4, 0.5) is 0 Å². The van der Waals surface area contributed by atoms with Crippen molar-refractivity contribution in [2.75, 3.05) is 13.2 Å². The second-order valence-corrected chi connectivity index (χ2v) is 8.80. The van der Waals surface area contributed by atoms with Gasteiger partial charge in [0, 0.05) is 24.6 Å². The first kappa shape index (κ1) is 17.3. The molecule has 1 saturated carbocycles. The molecule has 3 fully saturated rings. The van der Waals surface area contributed by atoms with E-state index in [1.165, 1.54) is 25.7 Å². The van der Waals surface area contributed by atoms with Gasteiger partial charge in [-0.3, -0.25) is 4.79 Å². The van der Waals surface area contributed by atoms with Crippen molar-refractivity contribution in [3.05, 3.63) is 0 Å². The van der Waals surface area contributed by atoms with Crippen molar-refractivity contribution in [3.8, 4) is 0 Å². The van der Waals surface area contributed by atoms with Crippen LogP contribution < -0.4 is 0 Å². The van der Waals surface area contributed by atoms with Gasteiger partial charge < -0.3 is 9.64 Å². The molecule has 23 heavy (non-hydrogen) atoms. The monoisotopic (exact) mass is 321 g/mol. The fourth-order valence-electron chi connectivity index (χ4n) is 5.50. The van der Waals surface area contributed by atoms with Crippen molar-refractivity contribution in [1.29, 1.82) is 0 Å². The van der Waals surface area contributed by atoms with Crippen LogP contribution in [-0.4, -0.2) is 36.1 Å². The van der Waals surface area contributed by atoms with Crippen molar-refractivity contribution in [1.82, 2.24) is 4.90 Å². The minimum Gasteiger partial charge on any atom is -0.381 e. The number of likely N-dealkylation sites (tertiary alicyclic amines) is 1. The zero-order valence-corrected chi connectivity index (χ0v) is 15.5. The molecule has 0 aromatic rings. The number of rotatable bonds is 4. The van der Waals surface area contributed by atoms with Gasteiger partial charge in [-0.15, -0.1) is 0 Å². The number of hydrogen-bond donors (Lipinski definition) is 0. The summed E-state index contributed by atoms with van der Waals surface area (Å²) < 4.78 is 5.72. The molecule has 3 aliphatic rings. The molecule has 2 aliphatic heterocycles. The maximum Gasteiger partial charge on any atom is 0.226 e. The van der Waals surface area contributed by atoms with Gasteiger partial charge in [0.05, 0.1) is 6.61 Å². The molecule has 5 atom stereocenters. The third-order valence-electron chi connectivity index (χ3n) is 6.61. The molecule has 2 heterocycles. The first-order chi connectivity index (χ1) is 11.0. The van der Waals surface area contributed by atoms with Crippen LogP contribution in [0.15, 0.2) is 0 Å². The fourth-order valence-corrected chi connectivity index (χ4v) is 5.50. The van der Waals surface area contributed by atoms with Crippen LogP contribution in [-0.2, 0) is 9.53 Å². The van der Waals surface area contributed by atoms with Crippen LogP contribution >= 0.6 is 0 Å². The SMILES string of the molecule is CC(C)C(C(=O)N1C2CCCC2C[C@H]1C(C)C)C1CCCOC1. The number of ether oxygens (including phenoxy) is 1. The topological polar surface area (TPSA) is 29.5 Å². The maximum atomic E-state index is 13.6. The molecule has 1 aliphatic carbocycles. The maximum absolute atomic E-state index is 13.6. The predicted molar refractivity (Wildman–Crippen MR) is 93.1 cm³/mol. The molecule has 132 valence electrons. The average Bonchev–Trinajstić information content (AvgIpc) is 3.08. The molecule has 1 amide bonds. The quantitative estimate of drug-likeness (QED) is 0.780. The Bertz CT molecular complexity index is 414. The number of carbonyl (C=O) groups is 1. The van der Waals surface area contributed by atoms with Crippen LogP contribution in [0, 0.1) is 29.6 Å². The number of carbonyl (C=O) groups excluding carboxylic acids is 1. The molecule has 0 aromatic heterocycles. The van der Waals surface area contributed by atoms with Gasteiger partial charge in [-0.25, -0.2) is 0 Å². The number of fused-ring (bicyclic) bond motifs is 1. The number of hydrogen-bond acceptors (Lipinski definition) is 2. The van der Waals surface area contributed by atoms with Crippen LogP contribution in [0.25, 0.3) is 0 Å². The summed E-state index contributed by atoms with van der Waals surface area (Å²) in [5.74, 6) is 2.76. The predicted octanol–water partition coefficient (Wildman–Crippen LogP) is 4.11. The Morgan fingerprint density at radius 1 is 1.09 bits per heavy atom. The molecule has 0 bridgehead atoms. The lowest BCUT2D eigenvalue weighted by molar-refractivity contribution is -0.145. The Morgan fingerprint density at radius 3 is 2.48 bits per heavy atom. The Morgan fingerprint density at radius 2 is 1.87 bits per heavy atom. The van der Waals surface area contributed by atoms with Crippen LogP contribution in [0.3, 0.4) is 0 Å². The zero-order valence-electron chi connectivity index (χ0n) is 15.5. The zero-order chi connectivity index (χ0) is 16.6. The van der Waals surface area contributed by atoms with E-state index in [1.54, 1.807) is 0 Å². The molecule has 0 radical (unpaired) electrons. The molecular weight excluding hydrogens is 286 g/mol. The Kier molecular flexibility index (Phi) is 5.35. The highest BCUT2D eigenvalue weighted by atomic mass is 16.5. The fraction of sp³-hybridized carbons (Fsp3) is 0.950. The highest BCUT2D eigenvalue weighted by Gasteiger charge is 2.49. The van der Waals surface area contributed by atoms with Crippen LogP contribution in [0.2, 0.25) is 0 Å². The number of amides is 1. The molecule has 3 rings (SSSR count). The van der Waals surface area contributed by atoms with Crippen molar-refractivity contribution < 1.29 is 9.53 Å². The Hall–Kier alpha value is -0.570. The van der Waals surface area contributed by atoms with Gasteiger partial charge >= 0.3 is 0 Å². The highest BCUT2D eigenvalue weighted by Crippen LogP contribution is 2.45. The molecule has 3 nitrogen and oxygen atoms in total. The molecule has 2 saturated heterocycles. The Balaban J connectivity index is 1.82. The summed E-state index contributed by atoms with van der Waals surface area (Å²) in [6.07, 6.45) is 7.37. The van der Waals surface area contributed by atoms with E-state index in [1.807, 2.05) is 0 Å². The molecule has 4 unspecified atom stereocenters. The molecular formula is C20H35NO2. The lowest BCUT2D eigenvalue weighted by atomic mass is 9.79. The molecule has 0 spiro atoms. The molecule has 3 heteroatoms. The summed E-state index contributed by atoms with van der Waals surface area (Å²) in [6.45, 7) is 10.7. The van der Waals surface area contributed by atoms with E-state index >= 15 is 0 Å². The number of nitrogens with zero attached hydrogens (tertiary/aromatic N) is 1. The van der Waals surface area contributed by atoms with E-state index in [9.17, 15) is 4.79 Å². The first-order valence-electron chi connectivity index (χ1n) is 9.90.